The van der Waals surface area contributed by atoms with E-state index in [1.807, 2.05) is 20.8 Å². The Kier molecular flexibility index (Phi) is 4.25. The molecule has 0 bridgehead atoms. The van der Waals surface area contributed by atoms with Crippen molar-refractivity contribution in [3.63, 3.8) is 0 Å². The van der Waals surface area contributed by atoms with Gasteiger partial charge in [-0.2, -0.15) is 16.8 Å². The van der Waals surface area contributed by atoms with Crippen molar-refractivity contribution in [1.82, 2.24) is 9.78 Å². The minimum atomic E-state index is -4.76. The molecule has 3 N–H and O–H groups in total. The monoisotopic (exact) mass is 376 g/mol. The molecule has 9 nitrogen and oxygen atoms in total. The second-order valence-corrected chi connectivity index (χ2v) is 9.05. The Balaban J connectivity index is 2.81. The fraction of sp³-hybridized carbons (Fsp3) is 0.308. The van der Waals surface area contributed by atoms with Gasteiger partial charge >= 0.3 is 0 Å². The predicted molar refractivity (Wildman–Crippen MR) is 84.7 cm³/mol. The zero-order valence-electron chi connectivity index (χ0n) is 13.0. The van der Waals surface area contributed by atoms with Gasteiger partial charge in [0.1, 0.15) is 0 Å². The van der Waals surface area contributed by atoms with E-state index in [0.717, 1.165) is 16.8 Å². The van der Waals surface area contributed by atoms with Gasteiger partial charge in [0.15, 0.2) is 0 Å². The van der Waals surface area contributed by atoms with E-state index in [1.165, 1.54) is 6.07 Å². The van der Waals surface area contributed by atoms with Crippen LogP contribution in [-0.4, -0.2) is 35.7 Å². The second kappa shape index (κ2) is 5.55. The first-order valence-corrected chi connectivity index (χ1v) is 9.50. The molecule has 2 rings (SSSR count). The van der Waals surface area contributed by atoms with Gasteiger partial charge in [-0.15, -0.1) is 0 Å². The highest BCUT2D eigenvalue weighted by Gasteiger charge is 2.22. The summed E-state index contributed by atoms with van der Waals surface area (Å²) >= 11 is 0. The van der Waals surface area contributed by atoms with E-state index in [-0.39, 0.29) is 5.69 Å². The molecule has 0 fully saturated rings. The number of hydrogen-bond donors (Lipinski definition) is 3. The zero-order valence-corrected chi connectivity index (χ0v) is 14.6. The molecule has 0 amide bonds. The Labute approximate surface area is 138 Å². The first-order chi connectivity index (χ1) is 10.7. The maximum absolute atomic E-state index is 12.1. The van der Waals surface area contributed by atoms with E-state index in [2.05, 4.69) is 5.10 Å². The summed E-state index contributed by atoms with van der Waals surface area (Å²) in [6.07, 6.45) is 0. The molecule has 0 atom stereocenters. The van der Waals surface area contributed by atoms with E-state index in [1.54, 1.807) is 0 Å². The normalized spacial score (nSPS) is 13.2. The van der Waals surface area contributed by atoms with Gasteiger partial charge in [0.2, 0.25) is 0 Å². The number of rotatable bonds is 3. The molecule has 1 aromatic carbocycles. The lowest BCUT2D eigenvalue weighted by molar-refractivity contribution is 0.480. The molecule has 1 aromatic heterocycles. The van der Waals surface area contributed by atoms with E-state index in [0.29, 0.717) is 11.8 Å². The Morgan fingerprint density at radius 3 is 1.71 bits per heavy atom. The molecule has 0 radical (unpaired) electrons. The quantitative estimate of drug-likeness (QED) is 0.676. The molecule has 0 aliphatic carbocycles. The average Bonchev–Trinajstić information content (AvgIpc) is 2.78. The van der Waals surface area contributed by atoms with Gasteiger partial charge in [-0.1, -0.05) is 20.8 Å². The molecule has 0 aliphatic rings. The summed E-state index contributed by atoms with van der Waals surface area (Å²) in [4.78, 5) is 10.6. The molecule has 0 aliphatic heterocycles. The van der Waals surface area contributed by atoms with Gasteiger partial charge in [-0.25, -0.2) is 4.68 Å². The van der Waals surface area contributed by atoms with Gasteiger partial charge in [0.05, 0.1) is 15.5 Å². The molecule has 0 saturated carbocycles. The largest absolute Gasteiger partial charge is 0.294 e. The van der Waals surface area contributed by atoms with Crippen LogP contribution in [0.25, 0.3) is 5.69 Å². The van der Waals surface area contributed by atoms with Crippen LogP contribution in [0, 0.1) is 0 Å². The highest BCUT2D eigenvalue weighted by atomic mass is 32.2. The maximum atomic E-state index is 12.1. The molecule has 0 saturated heterocycles. The third kappa shape index (κ3) is 3.75. The number of aromatic nitrogens is 2. The first kappa shape index (κ1) is 18.4. The Morgan fingerprint density at radius 2 is 1.38 bits per heavy atom. The van der Waals surface area contributed by atoms with Crippen molar-refractivity contribution in [2.45, 2.75) is 36.0 Å². The first-order valence-electron chi connectivity index (χ1n) is 6.62. The van der Waals surface area contributed by atoms with Gasteiger partial charge < -0.3 is 0 Å². The molecule has 24 heavy (non-hydrogen) atoms. The van der Waals surface area contributed by atoms with E-state index >= 15 is 0 Å². The number of hydrogen-bond acceptors (Lipinski definition) is 5. The summed E-state index contributed by atoms with van der Waals surface area (Å²) in [5.74, 6) is 0. The summed E-state index contributed by atoms with van der Waals surface area (Å²) in [5, 5.41) is 2.75. The van der Waals surface area contributed by atoms with Crippen molar-refractivity contribution in [3.8, 4) is 5.69 Å². The minimum absolute atomic E-state index is 0.168. The van der Waals surface area contributed by atoms with Crippen molar-refractivity contribution >= 4 is 20.2 Å². The van der Waals surface area contributed by atoms with Crippen LogP contribution >= 0.6 is 0 Å². The predicted octanol–water partition coefficient (Wildman–Crippen LogP) is 0.956. The number of benzene rings is 1. The number of nitrogens with one attached hydrogen (secondary N) is 1. The summed E-state index contributed by atoms with van der Waals surface area (Å²) in [6.45, 7) is 5.50. The fourth-order valence-corrected chi connectivity index (χ4v) is 3.12. The third-order valence-corrected chi connectivity index (χ3v) is 4.91. The van der Waals surface area contributed by atoms with Crippen molar-refractivity contribution in [2.24, 2.45) is 0 Å². The van der Waals surface area contributed by atoms with Crippen LogP contribution < -0.4 is 5.56 Å². The standard InChI is InChI=1S/C13H16N2O7S2/c1-13(2,3)11-7-12(16)15(14-11)8-4-9(23(17,18)19)6-10(5-8)24(20,21)22/h4-7,14H,1-3H3,(H,17,18,19)(H,20,21,22). The SMILES string of the molecule is CC(C)(C)c1cc(=O)n(-c2cc(S(=O)(=O)O)cc(S(=O)(=O)O)c2)[nH]1. The molecule has 0 spiro atoms. The lowest BCUT2D eigenvalue weighted by Gasteiger charge is -2.15. The summed E-state index contributed by atoms with van der Waals surface area (Å²) in [6, 6.07) is 3.70. The highest BCUT2D eigenvalue weighted by molar-refractivity contribution is 7.86. The van der Waals surface area contributed by atoms with Crippen molar-refractivity contribution in [1.29, 1.82) is 0 Å². The second-order valence-electron chi connectivity index (χ2n) is 6.21. The third-order valence-electron chi connectivity index (χ3n) is 3.25. The van der Waals surface area contributed by atoms with Crippen molar-refractivity contribution in [3.05, 3.63) is 40.3 Å². The number of H-pyrrole nitrogens is 1. The molecular weight excluding hydrogens is 360 g/mol. The smallest absolute Gasteiger partial charge is 0.294 e. The molecule has 1 heterocycles. The molecule has 132 valence electrons. The van der Waals surface area contributed by atoms with Crippen LogP contribution in [-0.2, 0) is 25.7 Å². The van der Waals surface area contributed by atoms with Crippen LogP contribution in [0.15, 0.2) is 38.9 Å². The Morgan fingerprint density at radius 1 is 0.917 bits per heavy atom. The maximum Gasteiger partial charge on any atom is 0.294 e. The van der Waals surface area contributed by atoms with E-state index in [4.69, 9.17) is 9.11 Å². The van der Waals surface area contributed by atoms with Gasteiger partial charge in [0.25, 0.3) is 25.8 Å². The van der Waals surface area contributed by atoms with Crippen LogP contribution in [0.4, 0.5) is 0 Å². The average molecular weight is 376 g/mol. The van der Waals surface area contributed by atoms with Crippen molar-refractivity contribution < 1.29 is 25.9 Å². The van der Waals surface area contributed by atoms with Gasteiger partial charge in [-0.3, -0.25) is 19.0 Å². The molecular formula is C13H16N2O7S2. The van der Waals surface area contributed by atoms with Gasteiger partial charge in [0, 0.05) is 17.2 Å². The van der Waals surface area contributed by atoms with Crippen LogP contribution in [0.5, 0.6) is 0 Å². The van der Waals surface area contributed by atoms with E-state index < -0.39 is 41.0 Å². The molecule has 2 aromatic rings. The number of nitrogens with zero attached hydrogens (tertiary/aromatic N) is 1. The summed E-state index contributed by atoms with van der Waals surface area (Å²) in [7, 11) is -9.51. The lowest BCUT2D eigenvalue weighted by Crippen LogP contribution is -2.16. The summed E-state index contributed by atoms with van der Waals surface area (Å²) in [5.41, 5.74) is -0.623. The van der Waals surface area contributed by atoms with Crippen molar-refractivity contribution in [2.75, 3.05) is 0 Å². The number of aromatic amines is 1. The molecule has 0 unspecified atom stereocenters. The topological polar surface area (TPSA) is 147 Å². The highest BCUT2D eigenvalue weighted by Crippen LogP contribution is 2.23. The summed E-state index contributed by atoms with van der Waals surface area (Å²) < 4.78 is 64.5. The minimum Gasteiger partial charge on any atom is -0.294 e. The van der Waals surface area contributed by atoms with E-state index in [9.17, 15) is 21.6 Å². The Bertz CT molecular complexity index is 1000. The van der Waals surface area contributed by atoms with Crippen LogP contribution in [0.3, 0.4) is 0 Å². The zero-order chi connectivity index (χ0) is 18.5. The van der Waals surface area contributed by atoms with Crippen LogP contribution in [0.1, 0.15) is 26.5 Å². The molecule has 11 heteroatoms. The Hall–Kier alpha value is -1.95. The lowest BCUT2D eigenvalue weighted by atomic mass is 9.93. The van der Waals surface area contributed by atoms with Crippen LogP contribution in [0.2, 0.25) is 0 Å². The van der Waals surface area contributed by atoms with Gasteiger partial charge in [-0.05, 0) is 18.2 Å². The fourth-order valence-electron chi connectivity index (χ4n) is 1.96.